The lowest BCUT2D eigenvalue weighted by Gasteiger charge is -2.32. The van der Waals surface area contributed by atoms with Crippen LogP contribution in [0.5, 0.6) is 0 Å². The summed E-state index contributed by atoms with van der Waals surface area (Å²) < 4.78 is 11.1. The van der Waals surface area contributed by atoms with Crippen LogP contribution in [-0.2, 0) is 19.1 Å². The molecule has 1 aliphatic carbocycles. The molecule has 0 bridgehead atoms. The van der Waals surface area contributed by atoms with Crippen LogP contribution in [0.4, 0.5) is 0 Å². The van der Waals surface area contributed by atoms with Crippen LogP contribution in [0.25, 0.3) is 0 Å². The zero-order chi connectivity index (χ0) is 17.5. The minimum absolute atomic E-state index is 0.222. The molecule has 1 N–H and O–H groups in total. The third-order valence-electron chi connectivity index (χ3n) is 4.21. The van der Waals surface area contributed by atoms with E-state index in [9.17, 15) is 14.7 Å². The topological polar surface area (TPSA) is 72.8 Å². The van der Waals surface area contributed by atoms with Gasteiger partial charge in [0.15, 0.2) is 5.60 Å². The van der Waals surface area contributed by atoms with Crippen molar-refractivity contribution in [3.8, 4) is 0 Å². The van der Waals surface area contributed by atoms with Gasteiger partial charge in [0.05, 0.1) is 6.42 Å². The highest BCUT2D eigenvalue weighted by molar-refractivity contribution is 5.84. The standard InChI is InChI=1S/C18H32O5/c1-5-6-11-22-18(16(20)21,12-14-9-7-8-10-14)13-15(19)23-17(2,3)4/h14H,5-13H2,1-4H3,(H,20,21). The van der Waals surface area contributed by atoms with Crippen LogP contribution in [0.2, 0.25) is 0 Å². The Morgan fingerprint density at radius 2 is 1.78 bits per heavy atom. The largest absolute Gasteiger partial charge is 0.479 e. The molecule has 134 valence electrons. The maximum atomic E-state index is 12.2. The summed E-state index contributed by atoms with van der Waals surface area (Å²) in [6.07, 6.45) is 6.16. The smallest absolute Gasteiger partial charge is 0.336 e. The number of hydrogen-bond donors (Lipinski definition) is 1. The summed E-state index contributed by atoms with van der Waals surface area (Å²) in [5, 5.41) is 9.80. The zero-order valence-corrected chi connectivity index (χ0v) is 15.0. The summed E-state index contributed by atoms with van der Waals surface area (Å²) in [4.78, 5) is 24.2. The van der Waals surface area contributed by atoms with Crippen LogP contribution < -0.4 is 0 Å². The molecule has 0 heterocycles. The van der Waals surface area contributed by atoms with Gasteiger partial charge in [0.1, 0.15) is 5.60 Å². The lowest BCUT2D eigenvalue weighted by atomic mass is 9.86. The number of hydrogen-bond acceptors (Lipinski definition) is 4. The number of carboxylic acids is 1. The maximum Gasteiger partial charge on any atom is 0.336 e. The number of unbranched alkanes of at least 4 members (excludes halogenated alkanes) is 1. The summed E-state index contributed by atoms with van der Waals surface area (Å²) in [6, 6.07) is 0. The predicted molar refractivity (Wildman–Crippen MR) is 88.3 cm³/mol. The molecule has 0 spiro atoms. The third-order valence-corrected chi connectivity index (χ3v) is 4.21. The Hall–Kier alpha value is -1.10. The first-order chi connectivity index (χ1) is 10.7. The van der Waals surface area contributed by atoms with Gasteiger partial charge in [0.2, 0.25) is 0 Å². The molecule has 1 fully saturated rings. The van der Waals surface area contributed by atoms with E-state index in [1.54, 1.807) is 20.8 Å². The predicted octanol–water partition coefficient (Wildman–Crippen LogP) is 3.94. The molecule has 1 saturated carbocycles. The molecular weight excluding hydrogens is 296 g/mol. The quantitative estimate of drug-likeness (QED) is 0.512. The third kappa shape index (κ3) is 6.90. The number of aliphatic carboxylic acids is 1. The van der Waals surface area contributed by atoms with Crippen molar-refractivity contribution >= 4 is 11.9 Å². The van der Waals surface area contributed by atoms with E-state index >= 15 is 0 Å². The Morgan fingerprint density at radius 1 is 1.17 bits per heavy atom. The second-order valence-corrected chi connectivity index (χ2v) is 7.62. The maximum absolute atomic E-state index is 12.2. The summed E-state index contributed by atoms with van der Waals surface area (Å²) in [5.74, 6) is -1.24. The number of rotatable bonds is 9. The summed E-state index contributed by atoms with van der Waals surface area (Å²) in [6.45, 7) is 7.72. The van der Waals surface area contributed by atoms with E-state index in [-0.39, 0.29) is 6.42 Å². The molecule has 0 aromatic rings. The van der Waals surface area contributed by atoms with E-state index in [2.05, 4.69) is 0 Å². The van der Waals surface area contributed by atoms with Crippen molar-refractivity contribution in [2.75, 3.05) is 6.61 Å². The van der Waals surface area contributed by atoms with Gasteiger partial charge in [-0.25, -0.2) is 4.79 Å². The first-order valence-electron chi connectivity index (χ1n) is 8.78. The van der Waals surface area contributed by atoms with Crippen LogP contribution in [0, 0.1) is 5.92 Å². The average Bonchev–Trinajstić information content (AvgIpc) is 2.88. The number of carbonyl (C=O) groups excluding carboxylic acids is 1. The fraction of sp³-hybridized carbons (Fsp3) is 0.889. The molecular formula is C18H32O5. The molecule has 0 aromatic carbocycles. The lowest BCUT2D eigenvalue weighted by molar-refractivity contribution is -0.181. The summed E-state index contributed by atoms with van der Waals surface area (Å²) in [7, 11) is 0. The number of carbonyl (C=O) groups is 2. The molecule has 1 rings (SSSR count). The molecule has 1 unspecified atom stereocenters. The summed E-state index contributed by atoms with van der Waals surface area (Å²) >= 11 is 0. The van der Waals surface area contributed by atoms with Crippen LogP contribution in [0.15, 0.2) is 0 Å². The SMILES string of the molecule is CCCCOC(CC(=O)OC(C)(C)C)(CC1CCCC1)C(=O)O. The van der Waals surface area contributed by atoms with Gasteiger partial charge >= 0.3 is 11.9 Å². The van der Waals surface area contributed by atoms with Gasteiger partial charge in [-0.3, -0.25) is 4.79 Å². The van der Waals surface area contributed by atoms with Crippen molar-refractivity contribution < 1.29 is 24.2 Å². The second kappa shape index (κ2) is 8.67. The Kier molecular flexibility index (Phi) is 7.52. The van der Waals surface area contributed by atoms with Crippen molar-refractivity contribution in [1.82, 2.24) is 0 Å². The summed E-state index contributed by atoms with van der Waals surface area (Å²) in [5.41, 5.74) is -2.08. The second-order valence-electron chi connectivity index (χ2n) is 7.62. The van der Waals surface area contributed by atoms with E-state index in [0.29, 0.717) is 18.9 Å². The van der Waals surface area contributed by atoms with Crippen molar-refractivity contribution in [3.05, 3.63) is 0 Å². The van der Waals surface area contributed by atoms with Crippen LogP contribution in [-0.4, -0.2) is 34.9 Å². The molecule has 5 nitrogen and oxygen atoms in total. The van der Waals surface area contributed by atoms with E-state index in [1.807, 2.05) is 6.92 Å². The highest BCUT2D eigenvalue weighted by Gasteiger charge is 2.45. The normalized spacial score (nSPS) is 18.6. The Labute approximate surface area is 139 Å². The highest BCUT2D eigenvalue weighted by atomic mass is 16.6. The van der Waals surface area contributed by atoms with Crippen molar-refractivity contribution in [3.63, 3.8) is 0 Å². The average molecular weight is 328 g/mol. The molecule has 5 heteroatoms. The molecule has 23 heavy (non-hydrogen) atoms. The fourth-order valence-electron chi connectivity index (χ4n) is 3.11. The fourth-order valence-corrected chi connectivity index (χ4v) is 3.11. The van der Waals surface area contributed by atoms with Gasteiger partial charge < -0.3 is 14.6 Å². The van der Waals surface area contributed by atoms with Gasteiger partial charge in [0.25, 0.3) is 0 Å². The Balaban J connectivity index is 2.85. The number of carboxylic acid groups (broad SMARTS) is 1. The minimum Gasteiger partial charge on any atom is -0.479 e. The molecule has 0 aromatic heterocycles. The number of ether oxygens (including phenoxy) is 2. The lowest BCUT2D eigenvalue weighted by Crippen LogP contribution is -2.46. The van der Waals surface area contributed by atoms with Crippen LogP contribution in [0.3, 0.4) is 0 Å². The minimum atomic E-state index is -1.45. The molecule has 0 aliphatic heterocycles. The molecule has 1 aliphatic rings. The van der Waals surface area contributed by atoms with E-state index in [4.69, 9.17) is 9.47 Å². The molecule has 0 saturated heterocycles. The first kappa shape index (κ1) is 19.9. The number of esters is 1. The van der Waals surface area contributed by atoms with Gasteiger partial charge in [-0.05, 0) is 39.5 Å². The molecule has 0 amide bonds. The van der Waals surface area contributed by atoms with E-state index < -0.39 is 23.1 Å². The van der Waals surface area contributed by atoms with Crippen molar-refractivity contribution in [1.29, 1.82) is 0 Å². The zero-order valence-electron chi connectivity index (χ0n) is 15.0. The van der Waals surface area contributed by atoms with Gasteiger partial charge in [0, 0.05) is 6.61 Å². The first-order valence-corrected chi connectivity index (χ1v) is 8.78. The Bertz CT molecular complexity index is 393. The monoisotopic (exact) mass is 328 g/mol. The van der Waals surface area contributed by atoms with Crippen LogP contribution in [0.1, 0.15) is 79.1 Å². The van der Waals surface area contributed by atoms with Crippen molar-refractivity contribution in [2.45, 2.75) is 90.3 Å². The van der Waals surface area contributed by atoms with Gasteiger partial charge in [-0.15, -0.1) is 0 Å². The highest BCUT2D eigenvalue weighted by Crippen LogP contribution is 2.36. The Morgan fingerprint density at radius 3 is 2.26 bits per heavy atom. The van der Waals surface area contributed by atoms with Crippen molar-refractivity contribution in [2.24, 2.45) is 5.92 Å². The molecule has 1 atom stereocenters. The van der Waals surface area contributed by atoms with Crippen LogP contribution >= 0.6 is 0 Å². The molecule has 0 radical (unpaired) electrons. The van der Waals surface area contributed by atoms with E-state index in [0.717, 1.165) is 38.5 Å². The van der Waals surface area contributed by atoms with E-state index in [1.165, 1.54) is 0 Å². The van der Waals surface area contributed by atoms with Gasteiger partial charge in [-0.2, -0.15) is 0 Å². The van der Waals surface area contributed by atoms with Gasteiger partial charge in [-0.1, -0.05) is 39.0 Å².